The Labute approximate surface area is 161 Å². The van der Waals surface area contributed by atoms with Gasteiger partial charge >= 0.3 is 0 Å². The number of hydrogen-bond acceptors (Lipinski definition) is 3. The molecule has 1 fully saturated rings. The maximum absolute atomic E-state index is 12.8. The molecule has 5 nitrogen and oxygen atoms in total. The quantitative estimate of drug-likeness (QED) is 0.842. The van der Waals surface area contributed by atoms with Crippen molar-refractivity contribution in [3.63, 3.8) is 0 Å². The van der Waals surface area contributed by atoms with Crippen LogP contribution in [-0.4, -0.2) is 32.3 Å². The summed E-state index contributed by atoms with van der Waals surface area (Å²) in [6.07, 6.45) is 5.17. The number of benzene rings is 2. The van der Waals surface area contributed by atoms with Crippen LogP contribution in [0.4, 0.5) is 5.69 Å². The molecule has 6 heteroatoms. The van der Waals surface area contributed by atoms with Crippen LogP contribution in [0.5, 0.6) is 0 Å². The number of amides is 1. The minimum Gasteiger partial charge on any atom is -0.339 e. The molecule has 1 saturated heterocycles. The van der Waals surface area contributed by atoms with Crippen molar-refractivity contribution in [3.8, 4) is 0 Å². The van der Waals surface area contributed by atoms with Gasteiger partial charge < -0.3 is 4.90 Å². The third-order valence-electron chi connectivity index (χ3n) is 4.90. The highest BCUT2D eigenvalue weighted by molar-refractivity contribution is 7.92. The number of sulfonamides is 1. The Morgan fingerprint density at radius 3 is 2.30 bits per heavy atom. The molecule has 0 unspecified atom stereocenters. The number of nitrogens with zero attached hydrogens (tertiary/aromatic N) is 1. The molecule has 2 aromatic rings. The van der Waals surface area contributed by atoms with Crippen LogP contribution in [0.3, 0.4) is 0 Å². The molecule has 1 amide bonds. The Morgan fingerprint density at radius 1 is 1.00 bits per heavy atom. The van der Waals surface area contributed by atoms with Crippen molar-refractivity contribution in [1.29, 1.82) is 0 Å². The SMILES string of the molecule is CCc1ccc(NS(=O)(=O)c2cccc(C(=O)N3CCCCCC3)c2)cc1. The van der Waals surface area contributed by atoms with Crippen molar-refractivity contribution in [2.45, 2.75) is 43.9 Å². The summed E-state index contributed by atoms with van der Waals surface area (Å²) in [7, 11) is -3.75. The van der Waals surface area contributed by atoms with Gasteiger partial charge in [-0.25, -0.2) is 8.42 Å². The predicted molar refractivity (Wildman–Crippen MR) is 107 cm³/mol. The molecule has 1 aliphatic heterocycles. The summed E-state index contributed by atoms with van der Waals surface area (Å²) >= 11 is 0. The molecule has 1 heterocycles. The van der Waals surface area contributed by atoms with Crippen molar-refractivity contribution < 1.29 is 13.2 Å². The summed E-state index contributed by atoms with van der Waals surface area (Å²) < 4.78 is 28.0. The van der Waals surface area contributed by atoms with Crippen LogP contribution in [0, 0.1) is 0 Å². The maximum atomic E-state index is 12.8. The highest BCUT2D eigenvalue weighted by atomic mass is 32.2. The largest absolute Gasteiger partial charge is 0.339 e. The molecule has 27 heavy (non-hydrogen) atoms. The van der Waals surface area contributed by atoms with Gasteiger partial charge in [0.25, 0.3) is 15.9 Å². The lowest BCUT2D eigenvalue weighted by Crippen LogP contribution is -2.32. The summed E-state index contributed by atoms with van der Waals surface area (Å²) in [6, 6.07) is 13.6. The van der Waals surface area contributed by atoms with E-state index >= 15 is 0 Å². The van der Waals surface area contributed by atoms with E-state index in [-0.39, 0.29) is 10.8 Å². The minimum absolute atomic E-state index is 0.0961. The smallest absolute Gasteiger partial charge is 0.261 e. The van der Waals surface area contributed by atoms with Crippen LogP contribution >= 0.6 is 0 Å². The van der Waals surface area contributed by atoms with E-state index in [0.717, 1.165) is 50.8 Å². The number of rotatable bonds is 5. The zero-order valence-corrected chi connectivity index (χ0v) is 16.5. The zero-order valence-electron chi connectivity index (χ0n) is 15.6. The summed E-state index contributed by atoms with van der Waals surface area (Å²) in [5.41, 5.74) is 2.07. The standard InChI is InChI=1S/C21H26N2O3S/c1-2-17-10-12-19(13-11-17)22-27(25,26)20-9-7-8-18(16-20)21(24)23-14-5-3-4-6-15-23/h7-13,16,22H,2-6,14-15H2,1H3. The first kappa shape index (κ1) is 19.4. The van der Waals surface area contributed by atoms with Crippen LogP contribution in [0.25, 0.3) is 0 Å². The molecule has 1 aliphatic rings. The molecular formula is C21H26N2O3S. The number of hydrogen-bond donors (Lipinski definition) is 1. The van der Waals surface area contributed by atoms with Gasteiger partial charge in [0.2, 0.25) is 0 Å². The Balaban J connectivity index is 1.79. The van der Waals surface area contributed by atoms with Gasteiger partial charge in [0, 0.05) is 24.3 Å². The average Bonchev–Trinajstić information content (AvgIpc) is 2.97. The second-order valence-corrected chi connectivity index (χ2v) is 8.57. The Bertz CT molecular complexity index is 884. The van der Waals surface area contributed by atoms with Crippen LogP contribution in [0.1, 0.15) is 48.5 Å². The number of aryl methyl sites for hydroxylation is 1. The van der Waals surface area contributed by atoms with Crippen molar-refractivity contribution >= 4 is 21.6 Å². The molecule has 0 saturated carbocycles. The van der Waals surface area contributed by atoms with Gasteiger partial charge in [-0.05, 0) is 55.2 Å². The molecule has 2 aromatic carbocycles. The second kappa shape index (κ2) is 8.57. The molecule has 0 radical (unpaired) electrons. The molecule has 0 aliphatic carbocycles. The molecule has 1 N–H and O–H groups in total. The van der Waals surface area contributed by atoms with E-state index in [1.807, 2.05) is 24.0 Å². The second-order valence-electron chi connectivity index (χ2n) is 6.89. The van der Waals surface area contributed by atoms with E-state index in [9.17, 15) is 13.2 Å². The van der Waals surface area contributed by atoms with E-state index in [1.54, 1.807) is 24.3 Å². The monoisotopic (exact) mass is 386 g/mol. The highest BCUT2D eigenvalue weighted by Gasteiger charge is 2.20. The molecule has 0 bridgehead atoms. The molecule has 3 rings (SSSR count). The summed E-state index contributed by atoms with van der Waals surface area (Å²) in [4.78, 5) is 14.7. The lowest BCUT2D eigenvalue weighted by atomic mass is 10.2. The molecule has 0 aromatic heterocycles. The first-order chi connectivity index (χ1) is 13.0. The van der Waals surface area contributed by atoms with Gasteiger partial charge in [0.15, 0.2) is 0 Å². The third-order valence-corrected chi connectivity index (χ3v) is 6.28. The van der Waals surface area contributed by atoms with Gasteiger partial charge in [0.05, 0.1) is 4.90 Å². The topological polar surface area (TPSA) is 66.5 Å². The fraction of sp³-hybridized carbons (Fsp3) is 0.381. The van der Waals surface area contributed by atoms with Gasteiger partial charge in [-0.2, -0.15) is 0 Å². The number of likely N-dealkylation sites (tertiary alicyclic amines) is 1. The van der Waals surface area contributed by atoms with E-state index in [1.165, 1.54) is 12.1 Å². The highest BCUT2D eigenvalue weighted by Crippen LogP contribution is 2.20. The normalized spacial score (nSPS) is 15.2. The molecule has 0 spiro atoms. The van der Waals surface area contributed by atoms with E-state index in [0.29, 0.717) is 11.3 Å². The summed E-state index contributed by atoms with van der Waals surface area (Å²) in [5.74, 6) is -0.0961. The van der Waals surface area contributed by atoms with Crippen LogP contribution in [0.15, 0.2) is 53.4 Å². The first-order valence-corrected chi connectivity index (χ1v) is 11.0. The Hall–Kier alpha value is -2.34. The van der Waals surface area contributed by atoms with E-state index < -0.39 is 10.0 Å². The van der Waals surface area contributed by atoms with Gasteiger partial charge in [-0.1, -0.05) is 38.0 Å². The van der Waals surface area contributed by atoms with E-state index in [4.69, 9.17) is 0 Å². The molecular weight excluding hydrogens is 360 g/mol. The maximum Gasteiger partial charge on any atom is 0.261 e. The van der Waals surface area contributed by atoms with E-state index in [2.05, 4.69) is 4.72 Å². The lowest BCUT2D eigenvalue weighted by molar-refractivity contribution is 0.0761. The molecule has 144 valence electrons. The fourth-order valence-corrected chi connectivity index (χ4v) is 4.38. The van der Waals surface area contributed by atoms with Crippen LogP contribution in [-0.2, 0) is 16.4 Å². The average molecular weight is 387 g/mol. The van der Waals surface area contributed by atoms with Gasteiger partial charge in [-0.15, -0.1) is 0 Å². The predicted octanol–water partition coefficient (Wildman–Crippen LogP) is 4.07. The fourth-order valence-electron chi connectivity index (χ4n) is 3.28. The van der Waals surface area contributed by atoms with Crippen molar-refractivity contribution in [2.75, 3.05) is 17.8 Å². The number of carbonyl (C=O) groups excluding carboxylic acids is 1. The van der Waals surface area contributed by atoms with Crippen LogP contribution in [0.2, 0.25) is 0 Å². The van der Waals surface area contributed by atoms with Gasteiger partial charge in [-0.3, -0.25) is 9.52 Å². The Morgan fingerprint density at radius 2 is 1.67 bits per heavy atom. The van der Waals surface area contributed by atoms with Gasteiger partial charge in [0.1, 0.15) is 0 Å². The zero-order chi connectivity index (χ0) is 19.3. The summed E-state index contributed by atoms with van der Waals surface area (Å²) in [5, 5.41) is 0. The lowest BCUT2D eigenvalue weighted by Gasteiger charge is -2.20. The van der Waals surface area contributed by atoms with Crippen LogP contribution < -0.4 is 4.72 Å². The Kier molecular flexibility index (Phi) is 6.16. The number of nitrogens with one attached hydrogen (secondary N) is 1. The number of anilines is 1. The van der Waals surface area contributed by atoms with Crippen molar-refractivity contribution in [1.82, 2.24) is 4.90 Å². The van der Waals surface area contributed by atoms with Crippen molar-refractivity contribution in [3.05, 3.63) is 59.7 Å². The molecule has 0 atom stereocenters. The third kappa shape index (κ3) is 4.89. The minimum atomic E-state index is -3.75. The van der Waals surface area contributed by atoms with Crippen molar-refractivity contribution in [2.24, 2.45) is 0 Å². The summed E-state index contributed by atoms with van der Waals surface area (Å²) in [6.45, 7) is 3.52. The first-order valence-electron chi connectivity index (χ1n) is 9.51. The number of carbonyl (C=O) groups is 1.